The first-order valence-corrected chi connectivity index (χ1v) is 6.50. The molecular formula is C15H23NO3. The van der Waals surface area contributed by atoms with Gasteiger partial charge in [-0.05, 0) is 12.1 Å². The van der Waals surface area contributed by atoms with E-state index in [1.165, 1.54) is 0 Å². The van der Waals surface area contributed by atoms with Gasteiger partial charge < -0.3 is 19.9 Å². The quantitative estimate of drug-likeness (QED) is 0.670. The maximum atomic E-state index is 9.78. The number of rotatable bonds is 9. The second-order valence-corrected chi connectivity index (χ2v) is 4.57. The molecule has 2 N–H and O–H groups in total. The molecule has 19 heavy (non-hydrogen) atoms. The first kappa shape index (κ1) is 15.5. The fraction of sp³-hybridized carbons (Fsp3) is 0.467. The van der Waals surface area contributed by atoms with Gasteiger partial charge in [0, 0.05) is 12.6 Å². The van der Waals surface area contributed by atoms with E-state index in [1.807, 2.05) is 38.1 Å². The Kier molecular flexibility index (Phi) is 7.00. The van der Waals surface area contributed by atoms with Crippen LogP contribution in [0.2, 0.25) is 0 Å². The van der Waals surface area contributed by atoms with E-state index >= 15 is 0 Å². The van der Waals surface area contributed by atoms with Gasteiger partial charge in [0.2, 0.25) is 0 Å². The van der Waals surface area contributed by atoms with E-state index in [1.54, 1.807) is 6.08 Å². The molecule has 0 aliphatic heterocycles. The van der Waals surface area contributed by atoms with Crippen LogP contribution in [0.1, 0.15) is 13.8 Å². The van der Waals surface area contributed by atoms with Crippen LogP contribution in [-0.2, 0) is 0 Å². The summed E-state index contributed by atoms with van der Waals surface area (Å²) in [6.07, 6.45) is 1.13. The Balaban J connectivity index is 2.45. The normalized spacial score (nSPS) is 12.2. The molecule has 0 aliphatic carbocycles. The van der Waals surface area contributed by atoms with Crippen molar-refractivity contribution in [3.63, 3.8) is 0 Å². The van der Waals surface area contributed by atoms with Crippen molar-refractivity contribution in [1.82, 2.24) is 5.32 Å². The van der Waals surface area contributed by atoms with Gasteiger partial charge in [0.25, 0.3) is 0 Å². The predicted molar refractivity (Wildman–Crippen MR) is 76.8 cm³/mol. The minimum Gasteiger partial charge on any atom is -0.487 e. The Labute approximate surface area is 115 Å². The summed E-state index contributed by atoms with van der Waals surface area (Å²) in [4.78, 5) is 0. The van der Waals surface area contributed by atoms with Crippen LogP contribution in [0, 0.1) is 0 Å². The highest BCUT2D eigenvalue weighted by Crippen LogP contribution is 2.26. The van der Waals surface area contributed by atoms with Crippen LogP contribution in [0.4, 0.5) is 0 Å². The lowest BCUT2D eigenvalue weighted by atomic mass is 10.3. The van der Waals surface area contributed by atoms with Crippen molar-refractivity contribution < 1.29 is 14.6 Å². The molecule has 4 heteroatoms. The highest BCUT2D eigenvalue weighted by Gasteiger charge is 2.08. The van der Waals surface area contributed by atoms with Crippen molar-refractivity contribution in [3.8, 4) is 11.5 Å². The number of para-hydroxylation sites is 2. The lowest BCUT2D eigenvalue weighted by Crippen LogP contribution is -2.35. The Bertz CT molecular complexity index is 379. The highest BCUT2D eigenvalue weighted by atomic mass is 16.5. The molecule has 0 heterocycles. The first-order valence-electron chi connectivity index (χ1n) is 6.50. The van der Waals surface area contributed by atoms with Gasteiger partial charge in [-0.3, -0.25) is 0 Å². The van der Waals surface area contributed by atoms with Crippen LogP contribution in [0.25, 0.3) is 0 Å². The molecule has 0 saturated carbocycles. The molecular weight excluding hydrogens is 242 g/mol. The monoisotopic (exact) mass is 265 g/mol. The molecule has 4 nitrogen and oxygen atoms in total. The smallest absolute Gasteiger partial charge is 0.161 e. The third-order valence-corrected chi connectivity index (χ3v) is 2.40. The van der Waals surface area contributed by atoms with Crippen molar-refractivity contribution >= 4 is 0 Å². The first-order chi connectivity index (χ1) is 9.13. The lowest BCUT2D eigenvalue weighted by Gasteiger charge is -2.16. The van der Waals surface area contributed by atoms with Crippen LogP contribution in [0.3, 0.4) is 0 Å². The summed E-state index contributed by atoms with van der Waals surface area (Å²) in [5, 5.41) is 12.9. The largest absolute Gasteiger partial charge is 0.487 e. The zero-order valence-corrected chi connectivity index (χ0v) is 11.6. The van der Waals surface area contributed by atoms with E-state index in [0.717, 1.165) is 0 Å². The Morgan fingerprint density at radius 2 is 1.89 bits per heavy atom. The molecule has 1 aromatic carbocycles. The van der Waals surface area contributed by atoms with E-state index in [-0.39, 0.29) is 6.61 Å². The fourth-order valence-corrected chi connectivity index (χ4v) is 1.45. The fourth-order valence-electron chi connectivity index (χ4n) is 1.45. The summed E-state index contributed by atoms with van der Waals surface area (Å²) in [7, 11) is 0. The van der Waals surface area contributed by atoms with Gasteiger partial charge in [-0.1, -0.05) is 38.6 Å². The number of hydrogen-bond acceptors (Lipinski definition) is 4. The average molecular weight is 265 g/mol. The van der Waals surface area contributed by atoms with E-state index in [9.17, 15) is 5.11 Å². The SMILES string of the molecule is C=CCOc1ccccc1OC[C@@H](O)CNC(C)C. The molecule has 0 bridgehead atoms. The average Bonchev–Trinajstić information content (AvgIpc) is 2.41. The predicted octanol–water partition coefficient (Wildman–Crippen LogP) is 1.99. The van der Waals surface area contributed by atoms with Crippen molar-refractivity contribution in [2.75, 3.05) is 19.8 Å². The van der Waals surface area contributed by atoms with Crippen LogP contribution >= 0.6 is 0 Å². The van der Waals surface area contributed by atoms with Crippen LogP contribution in [-0.4, -0.2) is 37.0 Å². The number of aliphatic hydroxyl groups excluding tert-OH is 1. The van der Waals surface area contributed by atoms with Gasteiger partial charge >= 0.3 is 0 Å². The summed E-state index contributed by atoms with van der Waals surface area (Å²) in [6, 6.07) is 7.74. The maximum Gasteiger partial charge on any atom is 0.161 e. The molecule has 1 rings (SSSR count). The summed E-state index contributed by atoms with van der Waals surface area (Å²) in [5.41, 5.74) is 0. The number of ether oxygens (including phenoxy) is 2. The standard InChI is InChI=1S/C15H23NO3/c1-4-9-18-14-7-5-6-8-15(14)19-11-13(17)10-16-12(2)3/h4-8,12-13,16-17H,1,9-11H2,2-3H3/t13-/m0/s1. The number of hydrogen-bond donors (Lipinski definition) is 2. The molecule has 1 aromatic rings. The third kappa shape index (κ3) is 6.27. The molecule has 0 aliphatic rings. The minimum atomic E-state index is -0.546. The van der Waals surface area contributed by atoms with Crippen molar-refractivity contribution in [1.29, 1.82) is 0 Å². The van der Waals surface area contributed by atoms with E-state index in [0.29, 0.717) is 30.7 Å². The third-order valence-electron chi connectivity index (χ3n) is 2.40. The molecule has 0 saturated heterocycles. The summed E-state index contributed by atoms with van der Waals surface area (Å²) in [6.45, 7) is 8.84. The molecule has 1 atom stereocenters. The van der Waals surface area contributed by atoms with Gasteiger partial charge in [-0.25, -0.2) is 0 Å². The summed E-state index contributed by atoms with van der Waals surface area (Å²) < 4.78 is 11.1. The summed E-state index contributed by atoms with van der Waals surface area (Å²) >= 11 is 0. The Morgan fingerprint density at radius 3 is 2.47 bits per heavy atom. The zero-order valence-electron chi connectivity index (χ0n) is 11.6. The van der Waals surface area contributed by atoms with Gasteiger partial charge in [0.15, 0.2) is 11.5 Å². The molecule has 106 valence electrons. The molecule has 0 unspecified atom stereocenters. The second kappa shape index (κ2) is 8.56. The number of benzene rings is 1. The number of nitrogens with one attached hydrogen (secondary N) is 1. The Hall–Kier alpha value is -1.52. The maximum absolute atomic E-state index is 9.78. The molecule has 0 aromatic heterocycles. The van der Waals surface area contributed by atoms with Gasteiger partial charge in [-0.2, -0.15) is 0 Å². The Morgan fingerprint density at radius 1 is 1.26 bits per heavy atom. The van der Waals surface area contributed by atoms with E-state index < -0.39 is 6.10 Å². The van der Waals surface area contributed by atoms with Gasteiger partial charge in [0.05, 0.1) is 0 Å². The summed E-state index contributed by atoms with van der Waals surface area (Å²) in [5.74, 6) is 1.29. The van der Waals surface area contributed by atoms with Gasteiger partial charge in [-0.15, -0.1) is 0 Å². The van der Waals surface area contributed by atoms with Crippen molar-refractivity contribution in [2.24, 2.45) is 0 Å². The lowest BCUT2D eigenvalue weighted by molar-refractivity contribution is 0.102. The molecule has 0 fully saturated rings. The topological polar surface area (TPSA) is 50.7 Å². The molecule has 0 spiro atoms. The van der Waals surface area contributed by atoms with Crippen LogP contribution < -0.4 is 14.8 Å². The van der Waals surface area contributed by atoms with Crippen molar-refractivity contribution in [2.45, 2.75) is 26.0 Å². The molecule has 0 amide bonds. The number of aliphatic hydroxyl groups is 1. The van der Waals surface area contributed by atoms with Crippen molar-refractivity contribution in [3.05, 3.63) is 36.9 Å². The van der Waals surface area contributed by atoms with Gasteiger partial charge in [0.1, 0.15) is 19.3 Å². The van der Waals surface area contributed by atoms with Crippen LogP contribution in [0.15, 0.2) is 36.9 Å². The zero-order chi connectivity index (χ0) is 14.1. The minimum absolute atomic E-state index is 0.230. The van der Waals surface area contributed by atoms with E-state index in [2.05, 4.69) is 11.9 Å². The van der Waals surface area contributed by atoms with Crippen LogP contribution in [0.5, 0.6) is 11.5 Å². The van der Waals surface area contributed by atoms with E-state index in [4.69, 9.17) is 9.47 Å². The molecule has 0 radical (unpaired) electrons. The second-order valence-electron chi connectivity index (χ2n) is 4.57. The highest BCUT2D eigenvalue weighted by molar-refractivity contribution is 5.39.